The normalized spacial score (nSPS) is 10.9. The molecule has 0 saturated heterocycles. The van der Waals surface area contributed by atoms with Gasteiger partial charge in [-0.25, -0.2) is 0 Å². The fourth-order valence-corrected chi connectivity index (χ4v) is 2.87. The molecule has 33 heavy (non-hydrogen) atoms. The predicted octanol–water partition coefficient (Wildman–Crippen LogP) is 3.35. The fraction of sp³-hybridized carbons (Fsp3) is 0.240. The Morgan fingerprint density at radius 3 is 2.21 bits per heavy atom. The Morgan fingerprint density at radius 2 is 1.55 bits per heavy atom. The first-order valence-corrected chi connectivity index (χ1v) is 10.5. The summed E-state index contributed by atoms with van der Waals surface area (Å²) in [6.07, 6.45) is 0. The zero-order chi connectivity index (χ0) is 23.8. The van der Waals surface area contributed by atoms with E-state index in [0.29, 0.717) is 17.1 Å². The monoisotopic (exact) mass is 449 g/mol. The van der Waals surface area contributed by atoms with Gasteiger partial charge in [-0.3, -0.25) is 25.2 Å². The number of para-hydroxylation sites is 1. The van der Waals surface area contributed by atoms with Crippen LogP contribution in [0.1, 0.15) is 53.0 Å². The number of hydrogen-bond donors (Lipinski definition) is 3. The summed E-state index contributed by atoms with van der Waals surface area (Å²) in [6, 6.07) is 19.5. The van der Waals surface area contributed by atoms with Crippen molar-refractivity contribution in [1.82, 2.24) is 16.2 Å². The zero-order valence-corrected chi connectivity index (χ0v) is 18.8. The molecule has 0 spiro atoms. The van der Waals surface area contributed by atoms with Gasteiger partial charge in [-0.05, 0) is 47.4 Å². The summed E-state index contributed by atoms with van der Waals surface area (Å²) in [5, 5.41) is 2.51. The van der Waals surface area contributed by atoms with Crippen LogP contribution in [0.3, 0.4) is 0 Å². The standard InChI is InChI=1S/C25H27N3O5/c1-25(2,3)18-11-9-17(10-12-18)23(30)26-15-22(29)27-28-24(31)21-14-13-20(33-21)16-32-19-7-5-4-6-8-19/h4-14H,15-16H2,1-3H3,(H,26,30)(H,27,29)(H,28,31). The van der Waals surface area contributed by atoms with E-state index < -0.39 is 11.8 Å². The highest BCUT2D eigenvalue weighted by Crippen LogP contribution is 2.22. The Hall–Kier alpha value is -4.07. The summed E-state index contributed by atoms with van der Waals surface area (Å²) in [4.78, 5) is 36.4. The van der Waals surface area contributed by atoms with Gasteiger partial charge in [-0.15, -0.1) is 0 Å². The number of ether oxygens (including phenoxy) is 1. The van der Waals surface area contributed by atoms with Gasteiger partial charge < -0.3 is 14.5 Å². The lowest BCUT2D eigenvalue weighted by atomic mass is 9.87. The average molecular weight is 450 g/mol. The summed E-state index contributed by atoms with van der Waals surface area (Å²) in [5.74, 6) is -0.434. The molecule has 0 saturated carbocycles. The van der Waals surface area contributed by atoms with Crippen LogP contribution in [0.15, 0.2) is 71.1 Å². The molecule has 3 rings (SSSR count). The predicted molar refractivity (Wildman–Crippen MR) is 123 cm³/mol. The lowest BCUT2D eigenvalue weighted by molar-refractivity contribution is -0.120. The first-order valence-electron chi connectivity index (χ1n) is 10.5. The number of amides is 3. The van der Waals surface area contributed by atoms with Gasteiger partial charge in [0.2, 0.25) is 0 Å². The molecule has 172 valence electrons. The van der Waals surface area contributed by atoms with Crippen molar-refractivity contribution in [2.75, 3.05) is 6.54 Å². The molecule has 8 nitrogen and oxygen atoms in total. The smallest absolute Gasteiger partial charge is 0.305 e. The second-order valence-corrected chi connectivity index (χ2v) is 8.38. The molecule has 0 aliphatic carbocycles. The van der Waals surface area contributed by atoms with Gasteiger partial charge >= 0.3 is 5.91 Å². The molecule has 3 amide bonds. The largest absolute Gasteiger partial charge is 0.486 e. The number of hydrazine groups is 1. The van der Waals surface area contributed by atoms with E-state index in [-0.39, 0.29) is 30.2 Å². The maximum absolute atomic E-state index is 12.2. The van der Waals surface area contributed by atoms with Crippen LogP contribution in [0.2, 0.25) is 0 Å². The third-order valence-electron chi connectivity index (χ3n) is 4.75. The van der Waals surface area contributed by atoms with Crippen LogP contribution in [-0.2, 0) is 16.8 Å². The van der Waals surface area contributed by atoms with Crippen LogP contribution >= 0.6 is 0 Å². The summed E-state index contributed by atoms with van der Waals surface area (Å²) >= 11 is 0. The number of furan rings is 1. The minimum absolute atomic E-state index is 0.0171. The Bertz CT molecular complexity index is 1100. The fourth-order valence-electron chi connectivity index (χ4n) is 2.87. The Kier molecular flexibility index (Phi) is 7.50. The van der Waals surface area contributed by atoms with Crippen LogP contribution in [0.4, 0.5) is 0 Å². The molecule has 0 unspecified atom stereocenters. The Labute approximate surface area is 192 Å². The molecule has 0 fully saturated rings. The van der Waals surface area contributed by atoms with Gasteiger partial charge in [0.15, 0.2) is 5.76 Å². The molecule has 0 aliphatic rings. The lowest BCUT2D eigenvalue weighted by Gasteiger charge is -2.19. The van der Waals surface area contributed by atoms with Crippen LogP contribution < -0.4 is 20.9 Å². The third-order valence-corrected chi connectivity index (χ3v) is 4.75. The molecule has 1 heterocycles. The van der Waals surface area contributed by atoms with Gasteiger partial charge in [-0.1, -0.05) is 51.1 Å². The van der Waals surface area contributed by atoms with Crippen LogP contribution in [0, 0.1) is 0 Å². The van der Waals surface area contributed by atoms with Gasteiger partial charge in [0.1, 0.15) is 18.1 Å². The number of hydrogen-bond acceptors (Lipinski definition) is 5. The van der Waals surface area contributed by atoms with E-state index in [9.17, 15) is 14.4 Å². The van der Waals surface area contributed by atoms with E-state index in [2.05, 4.69) is 36.9 Å². The molecule has 0 bridgehead atoms. The maximum Gasteiger partial charge on any atom is 0.305 e. The first kappa shape index (κ1) is 23.6. The van der Waals surface area contributed by atoms with Gasteiger partial charge in [0, 0.05) is 5.56 Å². The van der Waals surface area contributed by atoms with E-state index in [4.69, 9.17) is 9.15 Å². The van der Waals surface area contributed by atoms with E-state index in [0.717, 1.165) is 5.56 Å². The van der Waals surface area contributed by atoms with Gasteiger partial charge in [0.25, 0.3) is 11.8 Å². The number of carbonyl (C=O) groups is 3. The second-order valence-electron chi connectivity index (χ2n) is 8.38. The molecular weight excluding hydrogens is 422 g/mol. The molecular formula is C25H27N3O5. The first-order chi connectivity index (χ1) is 15.7. The maximum atomic E-state index is 12.2. The topological polar surface area (TPSA) is 110 Å². The molecule has 0 atom stereocenters. The number of carbonyl (C=O) groups excluding carboxylic acids is 3. The summed E-state index contributed by atoms with van der Waals surface area (Å²) in [5.41, 5.74) is 6.02. The highest BCUT2D eigenvalue weighted by Gasteiger charge is 2.16. The molecule has 0 aliphatic heterocycles. The minimum Gasteiger partial charge on any atom is -0.486 e. The molecule has 3 aromatic rings. The number of benzene rings is 2. The van der Waals surface area contributed by atoms with E-state index in [1.54, 1.807) is 18.2 Å². The quantitative estimate of drug-likeness (QED) is 0.479. The summed E-state index contributed by atoms with van der Waals surface area (Å²) in [6.45, 7) is 6.12. The Balaban J connectivity index is 1.41. The molecule has 1 aromatic heterocycles. The molecule has 3 N–H and O–H groups in total. The van der Waals surface area contributed by atoms with Crippen molar-refractivity contribution in [1.29, 1.82) is 0 Å². The minimum atomic E-state index is -0.626. The summed E-state index contributed by atoms with van der Waals surface area (Å²) in [7, 11) is 0. The van der Waals surface area contributed by atoms with Crippen molar-refractivity contribution >= 4 is 17.7 Å². The highest BCUT2D eigenvalue weighted by atomic mass is 16.5. The van der Waals surface area contributed by atoms with Crippen LogP contribution in [0.5, 0.6) is 5.75 Å². The second kappa shape index (κ2) is 10.5. The molecule has 0 radical (unpaired) electrons. The summed E-state index contributed by atoms with van der Waals surface area (Å²) < 4.78 is 11.0. The third kappa shape index (κ3) is 6.96. The van der Waals surface area contributed by atoms with E-state index in [1.165, 1.54) is 6.07 Å². The SMILES string of the molecule is CC(C)(C)c1ccc(C(=O)NCC(=O)NNC(=O)c2ccc(COc3ccccc3)o2)cc1. The van der Waals surface area contributed by atoms with Gasteiger partial charge in [-0.2, -0.15) is 0 Å². The van der Waals surface area contributed by atoms with Crippen molar-refractivity contribution < 1.29 is 23.5 Å². The van der Waals surface area contributed by atoms with Crippen molar-refractivity contribution in [2.45, 2.75) is 32.8 Å². The van der Waals surface area contributed by atoms with Gasteiger partial charge in [0.05, 0.1) is 6.54 Å². The molecule has 2 aromatic carbocycles. The van der Waals surface area contributed by atoms with Crippen LogP contribution in [0.25, 0.3) is 0 Å². The highest BCUT2D eigenvalue weighted by molar-refractivity contribution is 5.97. The average Bonchev–Trinajstić information content (AvgIpc) is 3.29. The van der Waals surface area contributed by atoms with Crippen molar-refractivity contribution in [3.8, 4) is 5.75 Å². The van der Waals surface area contributed by atoms with E-state index >= 15 is 0 Å². The van der Waals surface area contributed by atoms with Crippen molar-refractivity contribution in [2.24, 2.45) is 0 Å². The van der Waals surface area contributed by atoms with Crippen molar-refractivity contribution in [3.63, 3.8) is 0 Å². The molecule has 8 heteroatoms. The van der Waals surface area contributed by atoms with E-state index in [1.807, 2.05) is 42.5 Å². The number of nitrogens with one attached hydrogen (secondary N) is 3. The zero-order valence-electron chi connectivity index (χ0n) is 18.8. The van der Waals surface area contributed by atoms with Crippen molar-refractivity contribution in [3.05, 3.63) is 89.4 Å². The Morgan fingerprint density at radius 1 is 0.848 bits per heavy atom. The van der Waals surface area contributed by atoms with Crippen LogP contribution in [-0.4, -0.2) is 24.3 Å². The number of rotatable bonds is 7. The lowest BCUT2D eigenvalue weighted by Crippen LogP contribution is -2.46.